The summed E-state index contributed by atoms with van der Waals surface area (Å²) in [6, 6.07) is 5.84. The first-order valence-corrected chi connectivity index (χ1v) is 5.04. The van der Waals surface area contributed by atoms with Gasteiger partial charge >= 0.3 is 0 Å². The van der Waals surface area contributed by atoms with Gasteiger partial charge in [0.05, 0.1) is 10.7 Å². The minimum absolute atomic E-state index is 0.534. The van der Waals surface area contributed by atoms with Crippen molar-refractivity contribution >= 4 is 17.4 Å². The average Bonchev–Trinajstić information content (AvgIpc) is 2.46. The first-order valence-electron chi connectivity index (χ1n) is 4.66. The molecule has 78 valence electrons. The lowest BCUT2D eigenvalue weighted by molar-refractivity contribution is 0.885. The second-order valence-corrected chi connectivity index (χ2v) is 4.00. The summed E-state index contributed by atoms with van der Waals surface area (Å²) in [5.41, 5.74) is 8.61. The molecule has 1 aromatic carbocycles. The van der Waals surface area contributed by atoms with E-state index in [0.29, 0.717) is 10.8 Å². The molecule has 0 fully saturated rings. The van der Waals surface area contributed by atoms with E-state index in [4.69, 9.17) is 17.3 Å². The summed E-state index contributed by atoms with van der Waals surface area (Å²) in [6.07, 6.45) is 1.87. The van der Waals surface area contributed by atoms with Gasteiger partial charge in [0.1, 0.15) is 5.82 Å². The maximum Gasteiger partial charge on any atom is 0.148 e. The lowest BCUT2D eigenvalue weighted by Gasteiger charge is -2.04. The number of rotatable bonds is 1. The fourth-order valence-corrected chi connectivity index (χ4v) is 1.72. The second kappa shape index (κ2) is 3.59. The molecule has 4 heteroatoms. The highest BCUT2D eigenvalue weighted by Gasteiger charge is 2.06. The van der Waals surface area contributed by atoms with Crippen molar-refractivity contribution < 1.29 is 0 Å². The Hall–Kier alpha value is -1.48. The van der Waals surface area contributed by atoms with Crippen LogP contribution in [0.2, 0.25) is 5.02 Å². The number of benzene rings is 1. The third kappa shape index (κ3) is 1.83. The molecule has 3 nitrogen and oxygen atoms in total. The van der Waals surface area contributed by atoms with E-state index in [9.17, 15) is 0 Å². The Morgan fingerprint density at radius 3 is 2.60 bits per heavy atom. The number of nitrogens with zero attached hydrogens (tertiary/aromatic N) is 2. The number of hydrogen-bond donors (Lipinski definition) is 1. The van der Waals surface area contributed by atoms with Crippen molar-refractivity contribution in [1.29, 1.82) is 0 Å². The molecule has 0 bridgehead atoms. The van der Waals surface area contributed by atoms with Gasteiger partial charge in [0.15, 0.2) is 0 Å². The van der Waals surface area contributed by atoms with Crippen molar-refractivity contribution in [1.82, 2.24) is 9.78 Å². The van der Waals surface area contributed by atoms with E-state index in [1.54, 1.807) is 4.68 Å². The molecule has 0 atom stereocenters. The summed E-state index contributed by atoms with van der Waals surface area (Å²) in [6.45, 7) is 3.92. The lowest BCUT2D eigenvalue weighted by atomic mass is 10.2. The molecule has 0 aliphatic heterocycles. The van der Waals surface area contributed by atoms with Crippen LogP contribution in [0.25, 0.3) is 5.69 Å². The molecule has 1 heterocycles. The van der Waals surface area contributed by atoms with E-state index in [1.807, 2.05) is 38.2 Å². The van der Waals surface area contributed by atoms with Gasteiger partial charge in [0, 0.05) is 11.8 Å². The number of nitrogens with two attached hydrogens (primary N) is 1. The molecular formula is C11H12ClN3. The number of anilines is 1. The summed E-state index contributed by atoms with van der Waals surface area (Å²) in [7, 11) is 0. The number of aryl methyl sites for hydroxylation is 2. The standard InChI is InChI=1S/C11H12ClN3/c1-7-3-4-10(9(12)5-7)15-6-8(2)11(13)14-15/h3-6H,1-2H3,(H2,13,14). The summed E-state index contributed by atoms with van der Waals surface area (Å²) in [5, 5.41) is 4.86. The zero-order valence-corrected chi connectivity index (χ0v) is 9.42. The fraction of sp³-hybridized carbons (Fsp3) is 0.182. The minimum Gasteiger partial charge on any atom is -0.382 e. The number of aromatic nitrogens is 2. The van der Waals surface area contributed by atoms with Crippen molar-refractivity contribution in [3.8, 4) is 5.69 Å². The van der Waals surface area contributed by atoms with Crippen molar-refractivity contribution in [3.63, 3.8) is 0 Å². The molecule has 2 N–H and O–H groups in total. The van der Waals surface area contributed by atoms with Crippen LogP contribution >= 0.6 is 11.6 Å². The molecule has 1 aromatic heterocycles. The predicted molar refractivity (Wildman–Crippen MR) is 62.5 cm³/mol. The SMILES string of the molecule is Cc1ccc(-n2cc(C)c(N)n2)c(Cl)c1. The van der Waals surface area contributed by atoms with Crippen molar-refractivity contribution in [2.75, 3.05) is 5.73 Å². The average molecular weight is 222 g/mol. The van der Waals surface area contributed by atoms with Crippen LogP contribution in [0.5, 0.6) is 0 Å². The van der Waals surface area contributed by atoms with E-state index in [-0.39, 0.29) is 0 Å². The molecular weight excluding hydrogens is 210 g/mol. The molecule has 0 radical (unpaired) electrons. The van der Waals surface area contributed by atoms with E-state index < -0.39 is 0 Å². The summed E-state index contributed by atoms with van der Waals surface area (Å²) < 4.78 is 1.70. The van der Waals surface area contributed by atoms with Gasteiger partial charge in [0.25, 0.3) is 0 Å². The molecule has 0 unspecified atom stereocenters. The van der Waals surface area contributed by atoms with Gasteiger partial charge in [-0.2, -0.15) is 5.10 Å². The van der Waals surface area contributed by atoms with Crippen LogP contribution in [-0.4, -0.2) is 9.78 Å². The summed E-state index contributed by atoms with van der Waals surface area (Å²) >= 11 is 6.12. The monoisotopic (exact) mass is 221 g/mol. The largest absolute Gasteiger partial charge is 0.382 e. The Bertz CT molecular complexity index is 483. The Balaban J connectivity index is 2.54. The summed E-state index contributed by atoms with van der Waals surface area (Å²) in [5.74, 6) is 0.534. The van der Waals surface area contributed by atoms with Crippen LogP contribution in [0.4, 0.5) is 5.82 Å². The third-order valence-corrected chi connectivity index (χ3v) is 2.59. The molecule has 15 heavy (non-hydrogen) atoms. The van der Waals surface area contributed by atoms with E-state index in [1.165, 1.54) is 0 Å². The molecule has 0 aliphatic carbocycles. The highest BCUT2D eigenvalue weighted by Crippen LogP contribution is 2.22. The Labute approximate surface area is 93.5 Å². The Kier molecular flexibility index (Phi) is 2.40. The third-order valence-electron chi connectivity index (χ3n) is 2.29. The van der Waals surface area contributed by atoms with Gasteiger partial charge in [-0.05, 0) is 31.5 Å². The van der Waals surface area contributed by atoms with Crippen molar-refractivity contribution in [2.45, 2.75) is 13.8 Å². The number of hydrogen-bond acceptors (Lipinski definition) is 2. The highest BCUT2D eigenvalue weighted by molar-refractivity contribution is 6.32. The highest BCUT2D eigenvalue weighted by atomic mass is 35.5. The quantitative estimate of drug-likeness (QED) is 0.805. The van der Waals surface area contributed by atoms with E-state index in [2.05, 4.69) is 5.10 Å². The minimum atomic E-state index is 0.534. The second-order valence-electron chi connectivity index (χ2n) is 3.60. The van der Waals surface area contributed by atoms with Gasteiger partial charge < -0.3 is 5.73 Å². The molecule has 2 rings (SSSR count). The fourth-order valence-electron chi connectivity index (χ4n) is 1.39. The van der Waals surface area contributed by atoms with Crippen molar-refractivity contribution in [3.05, 3.63) is 40.5 Å². The molecule has 2 aromatic rings. The van der Waals surface area contributed by atoms with Crippen LogP contribution < -0.4 is 5.73 Å². The molecule has 0 saturated carbocycles. The van der Waals surface area contributed by atoms with Crippen LogP contribution in [-0.2, 0) is 0 Å². The molecule has 0 spiro atoms. The van der Waals surface area contributed by atoms with E-state index >= 15 is 0 Å². The zero-order chi connectivity index (χ0) is 11.0. The van der Waals surface area contributed by atoms with Gasteiger partial charge in [-0.25, -0.2) is 4.68 Å². The van der Waals surface area contributed by atoms with Crippen molar-refractivity contribution in [2.24, 2.45) is 0 Å². The van der Waals surface area contributed by atoms with Gasteiger partial charge in [-0.3, -0.25) is 0 Å². The molecule has 0 aliphatic rings. The number of halogens is 1. The smallest absolute Gasteiger partial charge is 0.148 e. The maximum atomic E-state index is 6.12. The zero-order valence-electron chi connectivity index (χ0n) is 8.66. The predicted octanol–water partition coefficient (Wildman–Crippen LogP) is 2.72. The molecule has 0 saturated heterocycles. The normalized spacial score (nSPS) is 10.6. The Morgan fingerprint density at radius 1 is 1.33 bits per heavy atom. The maximum absolute atomic E-state index is 6.12. The van der Waals surface area contributed by atoms with E-state index in [0.717, 1.165) is 16.8 Å². The summed E-state index contributed by atoms with van der Waals surface area (Å²) in [4.78, 5) is 0. The molecule has 0 amide bonds. The number of nitrogen functional groups attached to an aromatic ring is 1. The topological polar surface area (TPSA) is 43.8 Å². The van der Waals surface area contributed by atoms with Gasteiger partial charge in [-0.1, -0.05) is 17.7 Å². The Morgan fingerprint density at radius 2 is 2.07 bits per heavy atom. The first-order chi connectivity index (χ1) is 7.08. The van der Waals surface area contributed by atoms with Crippen LogP contribution in [0.3, 0.4) is 0 Å². The van der Waals surface area contributed by atoms with Gasteiger partial charge in [-0.15, -0.1) is 0 Å². The lowest BCUT2D eigenvalue weighted by Crippen LogP contribution is -1.97. The van der Waals surface area contributed by atoms with Crippen LogP contribution in [0.15, 0.2) is 24.4 Å². The van der Waals surface area contributed by atoms with Crippen LogP contribution in [0.1, 0.15) is 11.1 Å². The first kappa shape index (κ1) is 10.1. The van der Waals surface area contributed by atoms with Gasteiger partial charge in [0.2, 0.25) is 0 Å². The van der Waals surface area contributed by atoms with Crippen LogP contribution in [0, 0.1) is 13.8 Å².